The molecule has 0 saturated heterocycles. The third-order valence-corrected chi connectivity index (χ3v) is 13.6. The zero-order chi connectivity index (χ0) is 39.6. The minimum Gasteiger partial charge on any atom is -0.228 e. The quantitative estimate of drug-likeness (QED) is 0.168. The molecule has 60 heavy (non-hydrogen) atoms. The maximum absolute atomic E-state index is 5.50. The van der Waals surface area contributed by atoms with E-state index in [9.17, 15) is 0 Å². The Morgan fingerprint density at radius 2 is 0.917 bits per heavy atom. The SMILES string of the molecule is c1ccc(C2(c3ccccc3)c3ccccc3-c3c(-c4cc(-c5ccc(-c6ccc7sc8ccccc8c7c6)cc5)nc(-c5cccc6ccccc56)n4)cccc32)cc1. The van der Waals surface area contributed by atoms with Gasteiger partial charge in [0.25, 0.3) is 0 Å². The average molecular weight is 781 g/mol. The number of hydrogen-bond donors (Lipinski definition) is 0. The summed E-state index contributed by atoms with van der Waals surface area (Å²) in [4.78, 5) is 10.9. The average Bonchev–Trinajstić information content (AvgIpc) is 3.85. The van der Waals surface area contributed by atoms with Gasteiger partial charge < -0.3 is 0 Å². The van der Waals surface area contributed by atoms with E-state index in [0.29, 0.717) is 5.82 Å². The van der Waals surface area contributed by atoms with Gasteiger partial charge in [0, 0.05) is 36.9 Å². The van der Waals surface area contributed by atoms with Crippen LogP contribution in [0.25, 0.3) is 87.1 Å². The highest BCUT2D eigenvalue weighted by Gasteiger charge is 2.46. The van der Waals surface area contributed by atoms with Crippen molar-refractivity contribution in [2.75, 3.05) is 0 Å². The fourth-order valence-electron chi connectivity index (χ4n) is 9.72. The first-order valence-electron chi connectivity index (χ1n) is 20.5. The molecule has 0 bridgehead atoms. The van der Waals surface area contributed by atoms with Crippen LogP contribution in [-0.2, 0) is 5.41 Å². The molecule has 0 unspecified atom stereocenters. The molecule has 280 valence electrons. The minimum atomic E-state index is -0.507. The molecular formula is C57H36N2S. The van der Waals surface area contributed by atoms with E-state index in [1.807, 2.05) is 11.3 Å². The van der Waals surface area contributed by atoms with Gasteiger partial charge in [0.05, 0.1) is 16.8 Å². The highest BCUT2D eigenvalue weighted by atomic mass is 32.1. The Bertz CT molecular complexity index is 3380. The molecule has 0 amide bonds. The second-order valence-corrected chi connectivity index (χ2v) is 16.7. The first-order valence-corrected chi connectivity index (χ1v) is 21.3. The summed E-state index contributed by atoms with van der Waals surface area (Å²) in [6.45, 7) is 0. The van der Waals surface area contributed by atoms with Crippen LogP contribution in [0.4, 0.5) is 0 Å². The highest BCUT2D eigenvalue weighted by Crippen LogP contribution is 2.58. The number of hydrogen-bond acceptors (Lipinski definition) is 3. The van der Waals surface area contributed by atoms with Crippen LogP contribution in [0.2, 0.25) is 0 Å². The molecule has 0 fully saturated rings. The molecule has 12 rings (SSSR count). The first kappa shape index (κ1) is 34.6. The maximum atomic E-state index is 5.50. The van der Waals surface area contributed by atoms with E-state index in [1.54, 1.807) is 0 Å². The van der Waals surface area contributed by atoms with E-state index in [-0.39, 0.29) is 0 Å². The molecule has 1 aliphatic rings. The van der Waals surface area contributed by atoms with Gasteiger partial charge in [0.15, 0.2) is 5.82 Å². The second-order valence-electron chi connectivity index (χ2n) is 15.6. The van der Waals surface area contributed by atoms with Crippen LogP contribution in [0.3, 0.4) is 0 Å². The molecule has 0 N–H and O–H groups in total. The van der Waals surface area contributed by atoms with Crippen molar-refractivity contribution in [3.05, 3.63) is 241 Å². The lowest BCUT2D eigenvalue weighted by Crippen LogP contribution is -2.28. The smallest absolute Gasteiger partial charge is 0.161 e. The van der Waals surface area contributed by atoms with E-state index in [1.165, 1.54) is 64.7 Å². The fraction of sp³-hybridized carbons (Fsp3) is 0.0175. The highest BCUT2D eigenvalue weighted by molar-refractivity contribution is 7.25. The summed E-state index contributed by atoms with van der Waals surface area (Å²) < 4.78 is 2.63. The minimum absolute atomic E-state index is 0.507. The fourth-order valence-corrected chi connectivity index (χ4v) is 10.8. The Hall–Kier alpha value is -7.46. The lowest BCUT2D eigenvalue weighted by molar-refractivity contribution is 0.768. The van der Waals surface area contributed by atoms with E-state index < -0.39 is 5.41 Å². The van der Waals surface area contributed by atoms with Crippen LogP contribution < -0.4 is 0 Å². The van der Waals surface area contributed by atoms with Crippen molar-refractivity contribution in [2.24, 2.45) is 0 Å². The molecule has 3 heteroatoms. The summed E-state index contributed by atoms with van der Waals surface area (Å²) in [7, 11) is 0. The lowest BCUT2D eigenvalue weighted by Gasteiger charge is -2.33. The second kappa shape index (κ2) is 13.8. The summed E-state index contributed by atoms with van der Waals surface area (Å²) >= 11 is 1.85. The summed E-state index contributed by atoms with van der Waals surface area (Å²) in [5.41, 5.74) is 14.2. The van der Waals surface area contributed by atoms with Gasteiger partial charge >= 0.3 is 0 Å². The summed E-state index contributed by atoms with van der Waals surface area (Å²) in [5.74, 6) is 0.708. The predicted octanol–water partition coefficient (Wildman–Crippen LogP) is 15.0. The molecule has 0 aliphatic heterocycles. The van der Waals surface area contributed by atoms with Gasteiger partial charge in [-0.15, -0.1) is 11.3 Å². The number of thiophene rings is 1. The van der Waals surface area contributed by atoms with Crippen molar-refractivity contribution in [3.8, 4) is 56.2 Å². The van der Waals surface area contributed by atoms with Gasteiger partial charge in [-0.2, -0.15) is 0 Å². The third kappa shape index (κ3) is 5.33. The summed E-state index contributed by atoms with van der Waals surface area (Å²) in [6.07, 6.45) is 0. The van der Waals surface area contributed by atoms with E-state index >= 15 is 0 Å². The molecule has 0 atom stereocenters. The lowest BCUT2D eigenvalue weighted by atomic mass is 9.67. The van der Waals surface area contributed by atoms with Crippen molar-refractivity contribution >= 4 is 42.3 Å². The van der Waals surface area contributed by atoms with Crippen LogP contribution in [0.5, 0.6) is 0 Å². The molecular weight excluding hydrogens is 745 g/mol. The number of nitrogens with zero attached hydrogens (tertiary/aromatic N) is 2. The molecule has 2 aromatic heterocycles. The zero-order valence-corrected chi connectivity index (χ0v) is 33.4. The molecule has 2 nitrogen and oxygen atoms in total. The zero-order valence-electron chi connectivity index (χ0n) is 32.6. The molecule has 0 radical (unpaired) electrons. The van der Waals surface area contributed by atoms with Gasteiger partial charge in [-0.1, -0.05) is 194 Å². The Kier molecular flexibility index (Phi) is 7.97. The number of fused-ring (bicyclic) bond motifs is 7. The Balaban J connectivity index is 1.07. The number of rotatable bonds is 6. The van der Waals surface area contributed by atoms with Crippen molar-refractivity contribution < 1.29 is 0 Å². The van der Waals surface area contributed by atoms with Crippen molar-refractivity contribution in [2.45, 2.75) is 5.41 Å². The number of benzene rings is 9. The third-order valence-electron chi connectivity index (χ3n) is 12.4. The van der Waals surface area contributed by atoms with Crippen LogP contribution >= 0.6 is 11.3 Å². The normalized spacial score (nSPS) is 12.8. The topological polar surface area (TPSA) is 25.8 Å². The largest absolute Gasteiger partial charge is 0.228 e. The van der Waals surface area contributed by atoms with E-state index in [4.69, 9.17) is 9.97 Å². The van der Waals surface area contributed by atoms with Gasteiger partial charge in [-0.25, -0.2) is 9.97 Å². The molecule has 9 aromatic carbocycles. The van der Waals surface area contributed by atoms with Crippen molar-refractivity contribution in [3.63, 3.8) is 0 Å². The van der Waals surface area contributed by atoms with Crippen LogP contribution in [-0.4, -0.2) is 9.97 Å². The van der Waals surface area contributed by atoms with Crippen molar-refractivity contribution in [1.29, 1.82) is 0 Å². The van der Waals surface area contributed by atoms with Crippen LogP contribution in [0.15, 0.2) is 218 Å². The molecule has 0 spiro atoms. The van der Waals surface area contributed by atoms with Gasteiger partial charge in [0.1, 0.15) is 0 Å². The molecule has 1 aliphatic carbocycles. The van der Waals surface area contributed by atoms with Gasteiger partial charge in [0.2, 0.25) is 0 Å². The van der Waals surface area contributed by atoms with E-state index in [0.717, 1.165) is 38.9 Å². The number of aromatic nitrogens is 2. The predicted molar refractivity (Wildman–Crippen MR) is 251 cm³/mol. The van der Waals surface area contributed by atoms with Crippen LogP contribution in [0.1, 0.15) is 22.3 Å². The first-order chi connectivity index (χ1) is 29.7. The van der Waals surface area contributed by atoms with E-state index in [2.05, 4.69) is 218 Å². The Morgan fingerprint density at radius 1 is 0.350 bits per heavy atom. The molecule has 11 aromatic rings. The van der Waals surface area contributed by atoms with Gasteiger partial charge in [-0.05, 0) is 79.5 Å². The maximum Gasteiger partial charge on any atom is 0.161 e. The molecule has 0 saturated carbocycles. The monoisotopic (exact) mass is 780 g/mol. The standard InChI is InChI=1S/C57H36N2S/c1-3-17-41(18-4-1)57(42-19-5-2-6-20-42)49-26-11-9-23-46(49)55-47(25-14-27-50(55)57)52-36-51(58-56(59-52)45-24-13-16-38-15-7-8-21-43(38)45)39-31-29-37(30-32-39)40-33-34-54-48(35-40)44-22-10-12-28-53(44)60-54/h1-36H. The Labute approximate surface area is 352 Å². The summed E-state index contributed by atoms with van der Waals surface area (Å²) in [6, 6.07) is 79.2. The summed E-state index contributed by atoms with van der Waals surface area (Å²) in [5, 5.41) is 4.91. The van der Waals surface area contributed by atoms with Crippen molar-refractivity contribution in [1.82, 2.24) is 9.97 Å². The molecule has 2 heterocycles. The Morgan fingerprint density at radius 3 is 1.73 bits per heavy atom. The van der Waals surface area contributed by atoms with Gasteiger partial charge in [-0.3, -0.25) is 0 Å². The van der Waals surface area contributed by atoms with Crippen LogP contribution in [0, 0.1) is 0 Å².